The second kappa shape index (κ2) is 13.6. The Kier molecular flexibility index (Phi) is 10.2. The van der Waals surface area contributed by atoms with Gasteiger partial charge in [0.2, 0.25) is 11.8 Å². The summed E-state index contributed by atoms with van der Waals surface area (Å²) in [6.45, 7) is 7.13. The average Bonchev–Trinajstić information content (AvgIpc) is 3.07. The van der Waals surface area contributed by atoms with Gasteiger partial charge in [0.05, 0.1) is 31.1 Å². The van der Waals surface area contributed by atoms with Crippen LogP contribution in [0.5, 0.6) is 5.75 Å². The highest BCUT2D eigenvalue weighted by Gasteiger charge is 2.44. The Balaban J connectivity index is 1.90. The van der Waals surface area contributed by atoms with Gasteiger partial charge in [0.25, 0.3) is 5.91 Å². The Morgan fingerprint density at radius 1 is 1.02 bits per heavy atom. The van der Waals surface area contributed by atoms with Crippen LogP contribution in [0.15, 0.2) is 60.7 Å². The number of carboxylic acid groups (broad SMARTS) is 1. The molecule has 1 heterocycles. The molecule has 252 valence electrons. The summed E-state index contributed by atoms with van der Waals surface area (Å²) in [5.41, 5.74) is 0.826. The zero-order chi connectivity index (χ0) is 34.8. The summed E-state index contributed by atoms with van der Waals surface area (Å²) in [7, 11) is -0.970. The van der Waals surface area contributed by atoms with Crippen molar-refractivity contribution < 1.29 is 37.4 Å². The van der Waals surface area contributed by atoms with Crippen LogP contribution in [0.1, 0.15) is 39.7 Å². The molecule has 0 saturated carbocycles. The number of carbonyl (C=O) groups is 4. The predicted molar refractivity (Wildman–Crippen MR) is 180 cm³/mol. The van der Waals surface area contributed by atoms with Crippen molar-refractivity contribution in [1.82, 2.24) is 10.2 Å². The van der Waals surface area contributed by atoms with Crippen molar-refractivity contribution in [2.75, 3.05) is 36.0 Å². The van der Waals surface area contributed by atoms with E-state index in [1.165, 1.54) is 24.0 Å². The molecular formula is C34H42N4O8S. The molecule has 3 aromatic rings. The molecule has 47 heavy (non-hydrogen) atoms. The largest absolute Gasteiger partial charge is 0.496 e. The third-order valence-electron chi connectivity index (χ3n) is 8.22. The van der Waals surface area contributed by atoms with Crippen molar-refractivity contribution >= 4 is 55.8 Å². The first-order valence-corrected chi connectivity index (χ1v) is 17.2. The molecule has 0 unspecified atom stereocenters. The predicted octanol–water partition coefficient (Wildman–Crippen LogP) is 4.06. The lowest BCUT2D eigenvalue weighted by molar-refractivity contribution is -0.131. The van der Waals surface area contributed by atoms with Crippen molar-refractivity contribution in [2.45, 2.75) is 58.8 Å². The lowest BCUT2D eigenvalue weighted by Crippen LogP contribution is -2.61. The van der Waals surface area contributed by atoms with Crippen LogP contribution in [-0.2, 0) is 30.8 Å². The number of methoxy groups -OCH3 is 1. The van der Waals surface area contributed by atoms with Gasteiger partial charge in [-0.25, -0.2) is 13.2 Å². The number of fused-ring (bicyclic) bond motifs is 2. The number of nitrogens with one attached hydrogen (secondary N) is 1. The Morgan fingerprint density at radius 3 is 2.23 bits per heavy atom. The third kappa shape index (κ3) is 7.84. The number of carbonyl (C=O) groups excluding carboxylic acids is 3. The molecule has 0 saturated heterocycles. The van der Waals surface area contributed by atoms with Crippen LogP contribution < -0.4 is 19.9 Å². The summed E-state index contributed by atoms with van der Waals surface area (Å²) in [5, 5.41) is 14.3. The number of ether oxygens (including phenoxy) is 1. The second-order valence-corrected chi connectivity index (χ2v) is 15.3. The molecule has 0 radical (unpaired) electrons. The van der Waals surface area contributed by atoms with Crippen molar-refractivity contribution in [3.63, 3.8) is 0 Å². The highest BCUT2D eigenvalue weighted by atomic mass is 32.2. The molecule has 13 heteroatoms. The fourth-order valence-corrected chi connectivity index (χ4v) is 6.54. The maximum atomic E-state index is 14.7. The van der Waals surface area contributed by atoms with Crippen LogP contribution in [-0.4, -0.2) is 86.5 Å². The molecule has 3 atom stereocenters. The van der Waals surface area contributed by atoms with E-state index < -0.39 is 62.9 Å². The first-order chi connectivity index (χ1) is 21.9. The minimum Gasteiger partial charge on any atom is -0.496 e. The summed E-state index contributed by atoms with van der Waals surface area (Å²) < 4.78 is 30.3. The molecular weight excluding hydrogens is 624 g/mol. The maximum Gasteiger partial charge on any atom is 0.407 e. The Labute approximate surface area is 275 Å². The number of nitrogens with zero attached hydrogens (tertiary/aromatic N) is 3. The molecule has 0 aromatic heterocycles. The van der Waals surface area contributed by atoms with E-state index >= 15 is 0 Å². The lowest BCUT2D eigenvalue weighted by Gasteiger charge is -2.35. The Hall–Kier alpha value is -4.65. The van der Waals surface area contributed by atoms with Crippen LogP contribution in [0.2, 0.25) is 0 Å². The molecule has 0 bridgehead atoms. The fraction of sp³-hybridized carbons (Fsp3) is 0.412. The van der Waals surface area contributed by atoms with Crippen LogP contribution >= 0.6 is 0 Å². The number of likely N-dealkylation sites (N-methyl/N-ethyl adjacent to an activating group) is 1. The minimum absolute atomic E-state index is 0.0198. The van der Waals surface area contributed by atoms with E-state index in [1.807, 2.05) is 51.1 Å². The van der Waals surface area contributed by atoms with Gasteiger partial charge in [0, 0.05) is 18.9 Å². The van der Waals surface area contributed by atoms with Crippen LogP contribution in [0.4, 0.5) is 16.2 Å². The van der Waals surface area contributed by atoms with Gasteiger partial charge in [0.15, 0.2) is 9.84 Å². The number of hydrogen-bond acceptors (Lipinski definition) is 7. The topological polar surface area (TPSA) is 154 Å². The van der Waals surface area contributed by atoms with E-state index in [1.54, 1.807) is 37.3 Å². The van der Waals surface area contributed by atoms with Crippen molar-refractivity contribution in [3.8, 4) is 5.75 Å². The van der Waals surface area contributed by atoms with E-state index in [4.69, 9.17) is 4.74 Å². The normalized spacial score (nSPS) is 17.5. The fourth-order valence-electron chi connectivity index (χ4n) is 5.95. The maximum absolute atomic E-state index is 14.7. The SMILES string of the molecule is COc1ccc2ccccc2c1CN1C(=O)[C@@H](NC(=O)[C@H](CC(C)(C)C)N(C)C(=O)O)[C@H](C)N(C(=O)CS(C)(=O)=O)c2ccccc21. The van der Waals surface area contributed by atoms with Crippen LogP contribution in [0, 0.1) is 5.41 Å². The summed E-state index contributed by atoms with van der Waals surface area (Å²) in [6.07, 6.45) is -0.233. The van der Waals surface area contributed by atoms with Gasteiger partial charge in [-0.2, -0.15) is 0 Å². The van der Waals surface area contributed by atoms with Gasteiger partial charge < -0.3 is 25.0 Å². The van der Waals surface area contributed by atoms with Gasteiger partial charge in [-0.05, 0) is 47.7 Å². The molecule has 0 aliphatic carbocycles. The van der Waals surface area contributed by atoms with Gasteiger partial charge in [0.1, 0.15) is 23.6 Å². The van der Waals surface area contributed by atoms with E-state index in [0.29, 0.717) is 17.0 Å². The summed E-state index contributed by atoms with van der Waals surface area (Å²) in [4.78, 5) is 58.0. The standard InChI is InChI=1S/C34H42N4O8S/c1-21-30(35-31(40)27(18-34(2,3)4)36(5)33(42)43)32(41)37(19-24-23-13-9-8-12-22(23)16-17-28(24)46-6)25-14-10-11-15-26(25)38(21)29(39)20-47(7,44)45/h8-17,21,27,30H,18-20H2,1-7H3,(H,35,40)(H,42,43)/t21-,27-,30-/m0/s1. The van der Waals surface area contributed by atoms with Gasteiger partial charge >= 0.3 is 6.09 Å². The number of amides is 4. The highest BCUT2D eigenvalue weighted by Crippen LogP contribution is 2.39. The first-order valence-electron chi connectivity index (χ1n) is 15.1. The molecule has 1 aliphatic rings. The number of benzene rings is 3. The van der Waals surface area contributed by atoms with Gasteiger partial charge in [-0.1, -0.05) is 63.2 Å². The number of para-hydroxylation sites is 2. The molecule has 1 aliphatic heterocycles. The zero-order valence-electron chi connectivity index (χ0n) is 27.7. The molecule has 2 N–H and O–H groups in total. The van der Waals surface area contributed by atoms with Crippen molar-refractivity contribution in [2.24, 2.45) is 5.41 Å². The van der Waals surface area contributed by atoms with Gasteiger partial charge in [-0.15, -0.1) is 0 Å². The van der Waals surface area contributed by atoms with Crippen LogP contribution in [0.25, 0.3) is 10.8 Å². The Bertz CT molecular complexity index is 1800. The lowest BCUT2D eigenvalue weighted by atomic mass is 9.87. The third-order valence-corrected chi connectivity index (χ3v) is 8.99. The molecule has 0 fully saturated rings. The molecule has 12 nitrogen and oxygen atoms in total. The Morgan fingerprint density at radius 2 is 1.64 bits per heavy atom. The summed E-state index contributed by atoms with van der Waals surface area (Å²) in [5.74, 6) is -2.38. The van der Waals surface area contributed by atoms with E-state index in [2.05, 4.69) is 5.32 Å². The van der Waals surface area contributed by atoms with Crippen molar-refractivity contribution in [1.29, 1.82) is 0 Å². The smallest absolute Gasteiger partial charge is 0.407 e. The van der Waals surface area contributed by atoms with E-state index in [0.717, 1.165) is 21.9 Å². The van der Waals surface area contributed by atoms with Gasteiger partial charge in [-0.3, -0.25) is 19.3 Å². The molecule has 3 aromatic carbocycles. The van der Waals surface area contributed by atoms with E-state index in [9.17, 15) is 32.7 Å². The monoisotopic (exact) mass is 666 g/mol. The van der Waals surface area contributed by atoms with E-state index in [-0.39, 0.29) is 18.7 Å². The summed E-state index contributed by atoms with van der Waals surface area (Å²) >= 11 is 0. The zero-order valence-corrected chi connectivity index (χ0v) is 28.5. The van der Waals surface area contributed by atoms with Crippen molar-refractivity contribution in [3.05, 3.63) is 66.2 Å². The number of sulfone groups is 1. The highest BCUT2D eigenvalue weighted by molar-refractivity contribution is 7.91. The quantitative estimate of drug-likeness (QED) is 0.347. The number of rotatable bonds is 9. The summed E-state index contributed by atoms with van der Waals surface area (Å²) in [6, 6.07) is 14.3. The molecule has 4 amide bonds. The number of hydrogen-bond donors (Lipinski definition) is 2. The first kappa shape index (κ1) is 35.2. The second-order valence-electron chi connectivity index (χ2n) is 13.1. The van der Waals surface area contributed by atoms with Crippen LogP contribution in [0.3, 0.4) is 0 Å². The average molecular weight is 667 g/mol. The molecule has 4 rings (SSSR count). The minimum atomic E-state index is -3.78. The molecule has 0 spiro atoms. The number of anilines is 2.